The first kappa shape index (κ1) is 18.9. The highest BCUT2D eigenvalue weighted by atomic mass is 35.5. The van der Waals surface area contributed by atoms with Gasteiger partial charge in [-0.05, 0) is 42.2 Å². The molecule has 5 rings (SSSR count). The van der Waals surface area contributed by atoms with E-state index in [2.05, 4.69) is 10.2 Å². The van der Waals surface area contributed by atoms with Crippen LogP contribution < -0.4 is 0 Å². The number of aromatic nitrogens is 2. The third kappa shape index (κ3) is 3.29. The van der Waals surface area contributed by atoms with Crippen LogP contribution in [0, 0.1) is 0 Å². The van der Waals surface area contributed by atoms with Crippen LogP contribution >= 0.6 is 11.6 Å². The SMILES string of the molecule is O=C1CCCCN1Cc1n[nH]c2cc(O)c(C(=O)N3Cc4ccc(Cl)cc4C3)cc12. The molecular formula is C22H21ClN4O3. The van der Waals surface area contributed by atoms with Crippen molar-refractivity contribution in [3.8, 4) is 5.75 Å². The molecule has 0 radical (unpaired) electrons. The summed E-state index contributed by atoms with van der Waals surface area (Å²) in [5, 5.41) is 19.1. The fourth-order valence-electron chi connectivity index (χ4n) is 4.29. The maximum Gasteiger partial charge on any atom is 0.258 e. The Morgan fingerprint density at radius 3 is 2.83 bits per heavy atom. The first-order chi connectivity index (χ1) is 14.5. The fraction of sp³-hybridized carbons (Fsp3) is 0.318. The summed E-state index contributed by atoms with van der Waals surface area (Å²) >= 11 is 6.07. The Labute approximate surface area is 178 Å². The molecule has 1 aromatic heterocycles. The number of phenolic OH excluding ortho intramolecular Hbond substituents is 1. The topological polar surface area (TPSA) is 89.5 Å². The molecule has 0 bridgehead atoms. The molecule has 8 heteroatoms. The van der Waals surface area contributed by atoms with Gasteiger partial charge in [0.25, 0.3) is 5.91 Å². The van der Waals surface area contributed by atoms with Crippen molar-refractivity contribution in [1.82, 2.24) is 20.0 Å². The van der Waals surface area contributed by atoms with Gasteiger partial charge >= 0.3 is 0 Å². The number of hydrogen-bond acceptors (Lipinski definition) is 4. The van der Waals surface area contributed by atoms with Gasteiger partial charge in [-0.25, -0.2) is 0 Å². The number of nitrogens with one attached hydrogen (secondary N) is 1. The van der Waals surface area contributed by atoms with Crippen molar-refractivity contribution in [3.63, 3.8) is 0 Å². The summed E-state index contributed by atoms with van der Waals surface area (Å²) in [6, 6.07) is 8.82. The second kappa shape index (κ2) is 7.32. The number of likely N-dealkylation sites (tertiary alicyclic amines) is 1. The molecule has 0 spiro atoms. The molecule has 3 heterocycles. The van der Waals surface area contributed by atoms with Gasteiger partial charge in [-0.15, -0.1) is 0 Å². The van der Waals surface area contributed by atoms with E-state index in [0.717, 1.165) is 29.4 Å². The predicted octanol–water partition coefficient (Wildman–Crippen LogP) is 3.59. The molecule has 2 aromatic carbocycles. The molecule has 2 amide bonds. The van der Waals surface area contributed by atoms with Gasteiger partial charge in [0.15, 0.2) is 0 Å². The number of H-pyrrole nitrogens is 1. The fourth-order valence-corrected chi connectivity index (χ4v) is 4.48. The normalized spacial score (nSPS) is 16.4. The van der Waals surface area contributed by atoms with Crippen LogP contribution in [0.5, 0.6) is 5.75 Å². The zero-order valence-corrected chi connectivity index (χ0v) is 17.1. The number of amides is 2. The number of halogens is 1. The van der Waals surface area contributed by atoms with E-state index < -0.39 is 0 Å². The minimum Gasteiger partial charge on any atom is -0.507 e. The summed E-state index contributed by atoms with van der Waals surface area (Å²) in [6.07, 6.45) is 2.47. The Hall–Kier alpha value is -3.06. The standard InChI is InChI=1S/C22H21ClN4O3/c23-15-5-4-13-10-27(11-14(13)7-15)22(30)17-8-16-18(9-20(17)28)24-25-19(16)12-26-6-2-1-3-21(26)29/h4-5,7-9,28H,1-3,6,10-12H2,(H,24,25). The van der Waals surface area contributed by atoms with Gasteiger partial charge in [-0.2, -0.15) is 5.10 Å². The molecule has 2 aliphatic heterocycles. The molecule has 0 saturated carbocycles. The molecule has 1 saturated heterocycles. The smallest absolute Gasteiger partial charge is 0.258 e. The predicted molar refractivity (Wildman–Crippen MR) is 112 cm³/mol. The summed E-state index contributed by atoms with van der Waals surface area (Å²) in [5.74, 6) is -0.213. The molecule has 2 aliphatic rings. The zero-order chi connectivity index (χ0) is 20.8. The Morgan fingerprint density at radius 1 is 1.17 bits per heavy atom. The van der Waals surface area contributed by atoms with Gasteiger partial charge in [0.1, 0.15) is 5.75 Å². The van der Waals surface area contributed by atoms with Crippen LogP contribution in [0.4, 0.5) is 0 Å². The summed E-state index contributed by atoms with van der Waals surface area (Å²) in [7, 11) is 0. The van der Waals surface area contributed by atoms with Crippen molar-refractivity contribution in [3.05, 3.63) is 57.7 Å². The second-order valence-electron chi connectivity index (χ2n) is 7.93. The maximum absolute atomic E-state index is 13.2. The number of hydrogen-bond donors (Lipinski definition) is 2. The highest BCUT2D eigenvalue weighted by Crippen LogP contribution is 2.32. The average Bonchev–Trinajstić information content (AvgIpc) is 3.32. The van der Waals surface area contributed by atoms with Crippen LogP contribution in [0.1, 0.15) is 46.4 Å². The van der Waals surface area contributed by atoms with Gasteiger partial charge in [-0.3, -0.25) is 14.7 Å². The molecule has 1 fully saturated rings. The van der Waals surface area contributed by atoms with E-state index in [4.69, 9.17) is 11.6 Å². The number of fused-ring (bicyclic) bond motifs is 2. The number of carbonyl (C=O) groups excluding carboxylic acids is 2. The van der Waals surface area contributed by atoms with E-state index in [-0.39, 0.29) is 23.1 Å². The van der Waals surface area contributed by atoms with E-state index in [0.29, 0.717) is 48.8 Å². The van der Waals surface area contributed by atoms with Crippen LogP contribution in [0.2, 0.25) is 5.02 Å². The third-order valence-electron chi connectivity index (χ3n) is 5.93. The summed E-state index contributed by atoms with van der Waals surface area (Å²) in [6.45, 7) is 2.03. The summed E-state index contributed by atoms with van der Waals surface area (Å²) in [5.41, 5.74) is 3.64. The monoisotopic (exact) mass is 424 g/mol. The molecular weight excluding hydrogens is 404 g/mol. The maximum atomic E-state index is 13.2. The first-order valence-electron chi connectivity index (χ1n) is 10.0. The Morgan fingerprint density at radius 2 is 2.00 bits per heavy atom. The second-order valence-corrected chi connectivity index (χ2v) is 8.37. The number of piperidine rings is 1. The summed E-state index contributed by atoms with van der Waals surface area (Å²) in [4.78, 5) is 28.8. The van der Waals surface area contributed by atoms with Gasteiger partial charge in [0.2, 0.25) is 5.91 Å². The first-order valence-corrected chi connectivity index (χ1v) is 10.4. The molecule has 30 heavy (non-hydrogen) atoms. The lowest BCUT2D eigenvalue weighted by Crippen LogP contribution is -2.34. The van der Waals surface area contributed by atoms with Gasteiger partial charge < -0.3 is 14.9 Å². The number of aromatic amines is 1. The third-order valence-corrected chi connectivity index (χ3v) is 6.16. The van der Waals surface area contributed by atoms with Gasteiger partial charge in [-0.1, -0.05) is 17.7 Å². The van der Waals surface area contributed by atoms with Crippen molar-refractivity contribution in [2.45, 2.75) is 38.9 Å². The van der Waals surface area contributed by atoms with E-state index in [1.807, 2.05) is 18.2 Å². The van der Waals surface area contributed by atoms with E-state index in [9.17, 15) is 14.7 Å². The van der Waals surface area contributed by atoms with Crippen LogP contribution in [0.3, 0.4) is 0 Å². The minimum absolute atomic E-state index is 0.0919. The van der Waals surface area contributed by atoms with Crippen LogP contribution in [0.25, 0.3) is 10.9 Å². The number of benzene rings is 2. The van der Waals surface area contributed by atoms with Crippen molar-refractivity contribution >= 4 is 34.3 Å². The zero-order valence-electron chi connectivity index (χ0n) is 16.3. The molecule has 154 valence electrons. The number of nitrogens with zero attached hydrogens (tertiary/aromatic N) is 3. The Kier molecular flexibility index (Phi) is 4.62. The van der Waals surface area contributed by atoms with Crippen LogP contribution in [0.15, 0.2) is 30.3 Å². The van der Waals surface area contributed by atoms with Crippen LogP contribution in [-0.4, -0.2) is 43.5 Å². The van der Waals surface area contributed by atoms with Crippen molar-refractivity contribution in [2.24, 2.45) is 0 Å². The minimum atomic E-state index is -0.247. The van der Waals surface area contributed by atoms with E-state index in [1.165, 1.54) is 6.07 Å². The molecule has 0 unspecified atom stereocenters. The highest BCUT2D eigenvalue weighted by molar-refractivity contribution is 6.30. The van der Waals surface area contributed by atoms with Gasteiger partial charge in [0.05, 0.1) is 23.3 Å². The number of aromatic hydroxyl groups is 1. The van der Waals surface area contributed by atoms with Crippen molar-refractivity contribution in [1.29, 1.82) is 0 Å². The highest BCUT2D eigenvalue weighted by Gasteiger charge is 2.27. The quantitative estimate of drug-likeness (QED) is 0.672. The lowest BCUT2D eigenvalue weighted by atomic mass is 10.1. The number of carbonyl (C=O) groups is 2. The van der Waals surface area contributed by atoms with Crippen LogP contribution in [-0.2, 0) is 24.4 Å². The molecule has 0 aliphatic carbocycles. The molecule has 3 aromatic rings. The average molecular weight is 425 g/mol. The van der Waals surface area contributed by atoms with E-state index in [1.54, 1.807) is 15.9 Å². The number of rotatable bonds is 3. The van der Waals surface area contributed by atoms with Crippen molar-refractivity contribution in [2.75, 3.05) is 6.54 Å². The van der Waals surface area contributed by atoms with Crippen molar-refractivity contribution < 1.29 is 14.7 Å². The molecule has 7 nitrogen and oxygen atoms in total. The Bertz CT molecular complexity index is 1170. The lowest BCUT2D eigenvalue weighted by molar-refractivity contribution is -0.133. The molecule has 0 atom stereocenters. The Balaban J connectivity index is 1.44. The lowest BCUT2D eigenvalue weighted by Gasteiger charge is -2.26. The summed E-state index contributed by atoms with van der Waals surface area (Å²) < 4.78 is 0. The van der Waals surface area contributed by atoms with E-state index >= 15 is 0 Å². The van der Waals surface area contributed by atoms with Gasteiger partial charge in [0, 0.05) is 42.5 Å². The number of phenols is 1. The molecule has 2 N–H and O–H groups in total. The largest absolute Gasteiger partial charge is 0.507 e.